The Morgan fingerprint density at radius 3 is 3.05 bits per heavy atom. The first-order chi connectivity index (χ1) is 9.78. The Labute approximate surface area is 123 Å². The van der Waals surface area contributed by atoms with Crippen LogP contribution in [0.15, 0.2) is 41.1 Å². The van der Waals surface area contributed by atoms with Gasteiger partial charge in [0.15, 0.2) is 5.65 Å². The predicted octanol–water partition coefficient (Wildman–Crippen LogP) is 2.51. The number of anilines is 1. The Morgan fingerprint density at radius 1 is 1.35 bits per heavy atom. The molecule has 7 heteroatoms. The highest BCUT2D eigenvalue weighted by molar-refractivity contribution is 9.10. The highest BCUT2D eigenvalue weighted by atomic mass is 79.9. The second-order valence-electron chi connectivity index (χ2n) is 4.09. The molecule has 102 valence electrons. The number of fused-ring (bicyclic) bond motifs is 1. The first-order valence-corrected chi connectivity index (χ1v) is 6.80. The van der Waals surface area contributed by atoms with Gasteiger partial charge in [-0.05, 0) is 34.1 Å². The molecule has 20 heavy (non-hydrogen) atoms. The molecule has 0 saturated carbocycles. The Hall–Kier alpha value is -2.15. The second-order valence-corrected chi connectivity index (χ2v) is 4.94. The van der Waals surface area contributed by atoms with Crippen molar-refractivity contribution in [3.05, 3.63) is 46.7 Å². The zero-order valence-corrected chi connectivity index (χ0v) is 12.3. The van der Waals surface area contributed by atoms with Crippen molar-refractivity contribution >= 4 is 27.5 Å². The van der Waals surface area contributed by atoms with Gasteiger partial charge < -0.3 is 10.1 Å². The first-order valence-electron chi connectivity index (χ1n) is 6.00. The van der Waals surface area contributed by atoms with E-state index in [0.717, 1.165) is 15.7 Å². The van der Waals surface area contributed by atoms with Crippen LogP contribution in [0, 0.1) is 0 Å². The van der Waals surface area contributed by atoms with Crippen LogP contribution >= 0.6 is 15.9 Å². The summed E-state index contributed by atoms with van der Waals surface area (Å²) in [5.41, 5.74) is 1.72. The summed E-state index contributed by atoms with van der Waals surface area (Å²) in [6.45, 7) is 0.547. The third-order valence-corrected chi connectivity index (χ3v) is 3.41. The smallest absolute Gasteiger partial charge is 0.243 e. The monoisotopic (exact) mass is 333 g/mol. The molecule has 0 aliphatic rings. The molecule has 0 aliphatic heterocycles. The minimum absolute atomic E-state index is 0.547. The lowest BCUT2D eigenvalue weighted by Crippen LogP contribution is -2.04. The standard InChI is InChI=1S/C13H12BrN5O/c1-20-12-9(4-2-6-15-12)8-16-13-17-11-10(14)5-3-7-19(11)18-13/h2-7H,8H2,1H3,(H,16,18). The van der Waals surface area contributed by atoms with Gasteiger partial charge in [-0.3, -0.25) is 0 Å². The predicted molar refractivity (Wildman–Crippen MR) is 78.8 cm³/mol. The van der Waals surface area contributed by atoms with E-state index in [1.165, 1.54) is 0 Å². The molecule has 1 N–H and O–H groups in total. The minimum atomic E-state index is 0.547. The van der Waals surface area contributed by atoms with Gasteiger partial charge in [0.2, 0.25) is 11.8 Å². The number of pyridine rings is 2. The van der Waals surface area contributed by atoms with Crippen molar-refractivity contribution in [3.63, 3.8) is 0 Å². The molecule has 0 amide bonds. The largest absolute Gasteiger partial charge is 0.481 e. The SMILES string of the molecule is COc1ncccc1CNc1nc2c(Br)cccn2n1. The van der Waals surface area contributed by atoms with Crippen LogP contribution in [0.1, 0.15) is 5.56 Å². The molecule has 3 rings (SSSR count). The van der Waals surface area contributed by atoms with E-state index < -0.39 is 0 Å². The maximum atomic E-state index is 5.21. The van der Waals surface area contributed by atoms with E-state index in [9.17, 15) is 0 Å². The zero-order chi connectivity index (χ0) is 13.9. The van der Waals surface area contributed by atoms with Gasteiger partial charge in [-0.2, -0.15) is 4.98 Å². The molecule has 0 radical (unpaired) electrons. The number of rotatable bonds is 4. The van der Waals surface area contributed by atoms with Crippen LogP contribution in [0.5, 0.6) is 5.88 Å². The Balaban J connectivity index is 1.82. The van der Waals surface area contributed by atoms with Crippen LogP contribution in [0.4, 0.5) is 5.95 Å². The van der Waals surface area contributed by atoms with E-state index in [-0.39, 0.29) is 0 Å². The highest BCUT2D eigenvalue weighted by Crippen LogP contribution is 2.18. The molecule has 3 aromatic heterocycles. The lowest BCUT2D eigenvalue weighted by atomic mass is 10.3. The number of nitrogens with zero attached hydrogens (tertiary/aromatic N) is 4. The third kappa shape index (κ3) is 2.44. The number of hydrogen-bond acceptors (Lipinski definition) is 5. The fourth-order valence-electron chi connectivity index (χ4n) is 1.87. The molecule has 0 aliphatic carbocycles. The molecule has 0 bridgehead atoms. The van der Waals surface area contributed by atoms with Crippen molar-refractivity contribution in [2.75, 3.05) is 12.4 Å². The van der Waals surface area contributed by atoms with Crippen molar-refractivity contribution in [2.24, 2.45) is 0 Å². The summed E-state index contributed by atoms with van der Waals surface area (Å²) in [5.74, 6) is 1.16. The summed E-state index contributed by atoms with van der Waals surface area (Å²) in [5, 5.41) is 7.52. The first kappa shape index (κ1) is 12.9. The van der Waals surface area contributed by atoms with Gasteiger partial charge in [0, 0.05) is 24.5 Å². The van der Waals surface area contributed by atoms with Crippen LogP contribution in [0.2, 0.25) is 0 Å². The molecule has 0 atom stereocenters. The second kappa shape index (κ2) is 5.46. The normalized spacial score (nSPS) is 10.7. The van der Waals surface area contributed by atoms with Gasteiger partial charge in [-0.1, -0.05) is 6.07 Å². The lowest BCUT2D eigenvalue weighted by Gasteiger charge is -2.06. The molecular formula is C13H12BrN5O. The quantitative estimate of drug-likeness (QED) is 0.794. The molecule has 0 spiro atoms. The molecule has 3 heterocycles. The topological polar surface area (TPSA) is 64.3 Å². The summed E-state index contributed by atoms with van der Waals surface area (Å²) in [7, 11) is 1.60. The third-order valence-electron chi connectivity index (χ3n) is 2.79. The summed E-state index contributed by atoms with van der Waals surface area (Å²) in [4.78, 5) is 8.57. The van der Waals surface area contributed by atoms with Crippen LogP contribution in [-0.2, 0) is 6.54 Å². The summed E-state index contributed by atoms with van der Waals surface area (Å²) < 4.78 is 7.82. The van der Waals surface area contributed by atoms with Crippen molar-refractivity contribution in [1.82, 2.24) is 19.6 Å². The van der Waals surface area contributed by atoms with Crippen LogP contribution in [-0.4, -0.2) is 26.7 Å². The molecule has 0 saturated heterocycles. The molecule has 3 aromatic rings. The molecule has 0 fully saturated rings. The van der Waals surface area contributed by atoms with Crippen LogP contribution < -0.4 is 10.1 Å². The van der Waals surface area contributed by atoms with E-state index in [1.807, 2.05) is 30.5 Å². The van der Waals surface area contributed by atoms with E-state index in [1.54, 1.807) is 17.8 Å². The molecule has 6 nitrogen and oxygen atoms in total. The Morgan fingerprint density at radius 2 is 2.25 bits per heavy atom. The fourth-order valence-corrected chi connectivity index (χ4v) is 2.29. The van der Waals surface area contributed by atoms with Crippen LogP contribution in [0.3, 0.4) is 0 Å². The average Bonchev–Trinajstić information content (AvgIpc) is 2.90. The Bertz CT molecular complexity index is 742. The zero-order valence-electron chi connectivity index (χ0n) is 10.7. The number of hydrogen-bond donors (Lipinski definition) is 1. The van der Waals surface area contributed by atoms with Gasteiger partial charge in [0.1, 0.15) is 0 Å². The van der Waals surface area contributed by atoms with Crippen LogP contribution in [0.25, 0.3) is 5.65 Å². The summed E-state index contributed by atoms with van der Waals surface area (Å²) in [6.07, 6.45) is 3.55. The highest BCUT2D eigenvalue weighted by Gasteiger charge is 2.07. The van der Waals surface area contributed by atoms with Crippen molar-refractivity contribution in [1.29, 1.82) is 0 Å². The number of nitrogens with one attached hydrogen (secondary N) is 1. The van der Waals surface area contributed by atoms with E-state index in [2.05, 4.69) is 36.3 Å². The van der Waals surface area contributed by atoms with E-state index >= 15 is 0 Å². The van der Waals surface area contributed by atoms with Gasteiger partial charge in [-0.25, -0.2) is 9.50 Å². The lowest BCUT2D eigenvalue weighted by molar-refractivity contribution is 0.393. The minimum Gasteiger partial charge on any atom is -0.481 e. The molecule has 0 aromatic carbocycles. The van der Waals surface area contributed by atoms with Gasteiger partial charge >= 0.3 is 0 Å². The number of methoxy groups -OCH3 is 1. The van der Waals surface area contributed by atoms with Crippen molar-refractivity contribution in [3.8, 4) is 5.88 Å². The van der Waals surface area contributed by atoms with Crippen molar-refractivity contribution < 1.29 is 4.74 Å². The maximum absolute atomic E-state index is 5.21. The number of aromatic nitrogens is 4. The number of halogens is 1. The summed E-state index contributed by atoms with van der Waals surface area (Å²) >= 11 is 3.45. The Kier molecular flexibility index (Phi) is 3.51. The maximum Gasteiger partial charge on any atom is 0.243 e. The number of ether oxygens (including phenoxy) is 1. The van der Waals surface area contributed by atoms with E-state index in [4.69, 9.17) is 4.74 Å². The van der Waals surface area contributed by atoms with Gasteiger partial charge in [0.25, 0.3) is 0 Å². The van der Waals surface area contributed by atoms with E-state index in [0.29, 0.717) is 18.4 Å². The summed E-state index contributed by atoms with van der Waals surface area (Å²) in [6, 6.07) is 7.65. The molecule has 0 unspecified atom stereocenters. The van der Waals surface area contributed by atoms with Crippen molar-refractivity contribution in [2.45, 2.75) is 6.54 Å². The fraction of sp³-hybridized carbons (Fsp3) is 0.154. The van der Waals surface area contributed by atoms with Gasteiger partial charge in [0.05, 0.1) is 11.6 Å². The molecular weight excluding hydrogens is 322 g/mol. The van der Waals surface area contributed by atoms with Gasteiger partial charge in [-0.15, -0.1) is 5.10 Å². The average molecular weight is 334 g/mol.